The van der Waals surface area contributed by atoms with Crippen LogP contribution in [0.15, 0.2) is 48.7 Å². The molecule has 0 saturated carbocycles. The van der Waals surface area contributed by atoms with Crippen LogP contribution in [0.4, 0.5) is 4.39 Å². The number of hydrogen-bond donors (Lipinski definition) is 0. The van der Waals surface area contributed by atoms with E-state index in [2.05, 4.69) is 9.88 Å². The van der Waals surface area contributed by atoms with E-state index in [-0.39, 0.29) is 17.3 Å². The van der Waals surface area contributed by atoms with E-state index < -0.39 is 0 Å². The van der Waals surface area contributed by atoms with Gasteiger partial charge in [0.15, 0.2) is 0 Å². The monoisotopic (exact) mass is 397 g/mol. The fourth-order valence-electron chi connectivity index (χ4n) is 4.67. The van der Waals surface area contributed by atoms with E-state index in [1.165, 1.54) is 12.1 Å². The number of benzene rings is 1. The van der Waals surface area contributed by atoms with E-state index in [0.717, 1.165) is 57.4 Å². The van der Waals surface area contributed by atoms with Gasteiger partial charge in [-0.15, -0.1) is 0 Å². The van der Waals surface area contributed by atoms with Crippen LogP contribution in [0, 0.1) is 5.82 Å². The number of amides is 1. The Labute approximate surface area is 171 Å². The molecular formula is C23H28FN3O2. The molecule has 1 atom stereocenters. The first-order valence-electron chi connectivity index (χ1n) is 10.5. The lowest BCUT2D eigenvalue weighted by Crippen LogP contribution is -2.59. The Hall–Kier alpha value is -2.47. The fraction of sp³-hybridized carbons (Fsp3) is 0.478. The molecule has 6 heteroatoms. The molecule has 1 aromatic carbocycles. The normalized spacial score (nSPS) is 22.4. The van der Waals surface area contributed by atoms with E-state index in [0.29, 0.717) is 18.9 Å². The third-order valence-electron chi connectivity index (χ3n) is 6.06. The van der Waals surface area contributed by atoms with Crippen molar-refractivity contribution in [1.82, 2.24) is 14.8 Å². The molecule has 0 bridgehead atoms. The van der Waals surface area contributed by atoms with Gasteiger partial charge in [-0.05, 0) is 75.0 Å². The Morgan fingerprint density at radius 3 is 2.62 bits per heavy atom. The Morgan fingerprint density at radius 1 is 1.07 bits per heavy atom. The molecule has 2 aromatic rings. The molecule has 3 heterocycles. The van der Waals surface area contributed by atoms with Crippen LogP contribution in [0.5, 0.6) is 5.75 Å². The summed E-state index contributed by atoms with van der Waals surface area (Å²) in [4.78, 5) is 22.2. The summed E-state index contributed by atoms with van der Waals surface area (Å²) in [7, 11) is 0. The topological polar surface area (TPSA) is 45.7 Å². The number of halogens is 1. The van der Waals surface area contributed by atoms with Crippen molar-refractivity contribution in [3.8, 4) is 5.75 Å². The van der Waals surface area contributed by atoms with Gasteiger partial charge in [-0.25, -0.2) is 4.39 Å². The highest BCUT2D eigenvalue weighted by Crippen LogP contribution is 2.38. The van der Waals surface area contributed by atoms with Gasteiger partial charge >= 0.3 is 0 Å². The van der Waals surface area contributed by atoms with E-state index in [1.807, 2.05) is 23.1 Å². The van der Waals surface area contributed by atoms with Crippen molar-refractivity contribution < 1.29 is 13.9 Å². The Morgan fingerprint density at radius 2 is 1.86 bits per heavy atom. The number of nitrogens with zero attached hydrogens (tertiary/aromatic N) is 3. The number of hydrogen-bond acceptors (Lipinski definition) is 4. The van der Waals surface area contributed by atoms with E-state index in [4.69, 9.17) is 4.74 Å². The largest absolute Gasteiger partial charge is 0.494 e. The van der Waals surface area contributed by atoms with E-state index in [1.54, 1.807) is 18.3 Å². The van der Waals surface area contributed by atoms with Crippen LogP contribution >= 0.6 is 0 Å². The van der Waals surface area contributed by atoms with Crippen LogP contribution in [0.25, 0.3) is 0 Å². The summed E-state index contributed by atoms with van der Waals surface area (Å²) >= 11 is 0. The molecule has 154 valence electrons. The summed E-state index contributed by atoms with van der Waals surface area (Å²) < 4.78 is 18.7. The molecule has 2 aliphatic heterocycles. The first kappa shape index (κ1) is 19.8. The minimum absolute atomic E-state index is 0.256. The molecular weight excluding hydrogens is 369 g/mol. The zero-order valence-electron chi connectivity index (χ0n) is 16.7. The molecule has 0 aliphatic carbocycles. The second-order valence-corrected chi connectivity index (χ2v) is 7.93. The Balaban J connectivity index is 1.34. The van der Waals surface area contributed by atoms with Crippen molar-refractivity contribution in [1.29, 1.82) is 0 Å². The lowest BCUT2D eigenvalue weighted by atomic mass is 9.85. The van der Waals surface area contributed by atoms with E-state index >= 15 is 0 Å². The maximum absolute atomic E-state index is 13.4. The SMILES string of the molecule is O=C1N(Cc2ccccn2)CCCC12CCCN2CCCOc1ccc(F)cc1. The van der Waals surface area contributed by atoms with Crippen LogP contribution < -0.4 is 4.74 Å². The molecule has 29 heavy (non-hydrogen) atoms. The lowest BCUT2D eigenvalue weighted by Gasteiger charge is -2.44. The van der Waals surface area contributed by atoms with Gasteiger partial charge in [0.2, 0.25) is 5.91 Å². The molecule has 0 radical (unpaired) electrons. The summed E-state index contributed by atoms with van der Waals surface area (Å²) in [6.07, 6.45) is 6.57. The highest BCUT2D eigenvalue weighted by Gasteiger charge is 2.50. The zero-order chi connectivity index (χ0) is 20.1. The number of pyridine rings is 1. The fourth-order valence-corrected chi connectivity index (χ4v) is 4.67. The maximum atomic E-state index is 13.4. The Kier molecular flexibility index (Phi) is 6.09. The molecule has 1 amide bonds. The van der Waals surface area contributed by atoms with Crippen LogP contribution in [-0.4, -0.2) is 52.5 Å². The average molecular weight is 397 g/mol. The predicted molar refractivity (Wildman–Crippen MR) is 109 cm³/mol. The third-order valence-corrected chi connectivity index (χ3v) is 6.06. The van der Waals surface area contributed by atoms with Crippen molar-refractivity contribution in [2.45, 2.75) is 44.2 Å². The van der Waals surface area contributed by atoms with Crippen molar-refractivity contribution in [2.24, 2.45) is 0 Å². The lowest BCUT2D eigenvalue weighted by molar-refractivity contribution is -0.148. The molecule has 4 rings (SSSR count). The van der Waals surface area contributed by atoms with Gasteiger partial charge in [0.25, 0.3) is 0 Å². The number of likely N-dealkylation sites (tertiary alicyclic amines) is 2. The molecule has 2 fully saturated rings. The summed E-state index contributed by atoms with van der Waals surface area (Å²) in [5, 5.41) is 0. The Bertz CT molecular complexity index is 815. The zero-order valence-corrected chi connectivity index (χ0v) is 16.7. The summed E-state index contributed by atoms with van der Waals surface area (Å²) in [6, 6.07) is 11.9. The van der Waals surface area contributed by atoms with E-state index in [9.17, 15) is 9.18 Å². The van der Waals surface area contributed by atoms with Crippen LogP contribution in [0.3, 0.4) is 0 Å². The molecule has 2 saturated heterocycles. The van der Waals surface area contributed by atoms with Gasteiger partial charge in [0, 0.05) is 19.3 Å². The summed E-state index contributed by atoms with van der Waals surface area (Å²) in [6.45, 7) is 3.75. The molecule has 0 N–H and O–H groups in total. The van der Waals surface area contributed by atoms with Crippen molar-refractivity contribution in [3.63, 3.8) is 0 Å². The first-order chi connectivity index (χ1) is 14.2. The molecule has 1 spiro atoms. The second-order valence-electron chi connectivity index (χ2n) is 7.93. The molecule has 2 aliphatic rings. The molecule has 5 nitrogen and oxygen atoms in total. The quantitative estimate of drug-likeness (QED) is 0.669. The number of ether oxygens (including phenoxy) is 1. The minimum Gasteiger partial charge on any atom is -0.494 e. The van der Waals surface area contributed by atoms with Gasteiger partial charge in [-0.2, -0.15) is 0 Å². The number of rotatable bonds is 7. The highest BCUT2D eigenvalue weighted by molar-refractivity contribution is 5.87. The van der Waals surface area contributed by atoms with Crippen molar-refractivity contribution in [3.05, 3.63) is 60.2 Å². The summed E-state index contributed by atoms with van der Waals surface area (Å²) in [5.41, 5.74) is 0.582. The van der Waals surface area contributed by atoms with Crippen LogP contribution in [-0.2, 0) is 11.3 Å². The van der Waals surface area contributed by atoms with Crippen LogP contribution in [0.2, 0.25) is 0 Å². The average Bonchev–Trinajstić information content (AvgIpc) is 3.14. The smallest absolute Gasteiger partial charge is 0.243 e. The van der Waals surface area contributed by atoms with Gasteiger partial charge in [0.05, 0.1) is 18.8 Å². The van der Waals surface area contributed by atoms with Crippen molar-refractivity contribution >= 4 is 5.91 Å². The van der Waals surface area contributed by atoms with Gasteiger partial charge in [-0.3, -0.25) is 14.7 Å². The van der Waals surface area contributed by atoms with Gasteiger partial charge in [0.1, 0.15) is 17.1 Å². The van der Waals surface area contributed by atoms with Crippen LogP contribution in [0.1, 0.15) is 37.8 Å². The summed E-state index contributed by atoms with van der Waals surface area (Å²) in [5.74, 6) is 0.673. The minimum atomic E-state index is -0.358. The first-order valence-corrected chi connectivity index (χ1v) is 10.5. The number of carbonyl (C=O) groups excluding carboxylic acids is 1. The number of carbonyl (C=O) groups is 1. The maximum Gasteiger partial charge on any atom is 0.243 e. The number of aromatic nitrogens is 1. The predicted octanol–water partition coefficient (Wildman–Crippen LogP) is 3.65. The molecule has 1 unspecified atom stereocenters. The van der Waals surface area contributed by atoms with Gasteiger partial charge < -0.3 is 9.64 Å². The number of piperidine rings is 1. The third kappa shape index (κ3) is 4.42. The molecule has 1 aromatic heterocycles. The highest BCUT2D eigenvalue weighted by atomic mass is 19.1. The second kappa shape index (κ2) is 8.91. The van der Waals surface area contributed by atoms with Crippen molar-refractivity contribution in [2.75, 3.05) is 26.2 Å². The standard InChI is InChI=1S/C23H28FN3O2/c24-19-7-9-21(10-8-19)29-17-5-16-27-15-4-12-23(27)11-3-14-26(22(23)28)18-20-6-1-2-13-25-20/h1-2,6-10,13H,3-5,11-12,14-18H2. The van der Waals surface area contributed by atoms with Gasteiger partial charge in [-0.1, -0.05) is 6.07 Å².